The van der Waals surface area contributed by atoms with Crippen LogP contribution in [0.3, 0.4) is 0 Å². The molecule has 6 nitrogen and oxygen atoms in total. The molecule has 6 heteroatoms. The molecule has 2 aliphatic rings. The van der Waals surface area contributed by atoms with Crippen LogP contribution in [0, 0.1) is 13.8 Å². The molecule has 0 unspecified atom stereocenters. The molecule has 0 saturated carbocycles. The molecule has 0 radical (unpaired) electrons. The zero-order chi connectivity index (χ0) is 16.6. The van der Waals surface area contributed by atoms with Crippen LogP contribution in [0.25, 0.3) is 0 Å². The van der Waals surface area contributed by atoms with Crippen molar-refractivity contribution in [3.63, 3.8) is 0 Å². The molecule has 1 amide bonds. The Kier molecular flexibility index (Phi) is 4.53. The topological polar surface area (TPSA) is 69.3 Å². The molecule has 1 N–H and O–H groups in total. The van der Waals surface area contributed by atoms with Crippen molar-refractivity contribution in [2.45, 2.75) is 58.5 Å². The van der Waals surface area contributed by atoms with Crippen molar-refractivity contribution in [2.75, 3.05) is 19.6 Å². The lowest BCUT2D eigenvalue weighted by molar-refractivity contribution is 0.0647. The van der Waals surface area contributed by atoms with Gasteiger partial charge in [-0.1, -0.05) is 6.92 Å². The number of nitrogens with one attached hydrogen (secondary N) is 1. The average Bonchev–Trinajstić information content (AvgIpc) is 3.18. The van der Waals surface area contributed by atoms with E-state index in [2.05, 4.69) is 22.0 Å². The number of H-pyrrole nitrogens is 1. The number of hydrogen-bond donors (Lipinski definition) is 1. The maximum Gasteiger partial charge on any atom is 0.277 e. The Morgan fingerprint density at radius 3 is 2.65 bits per heavy atom. The van der Waals surface area contributed by atoms with Crippen LogP contribution in [-0.2, 0) is 0 Å². The van der Waals surface area contributed by atoms with Gasteiger partial charge in [0.2, 0.25) is 0 Å². The zero-order valence-corrected chi connectivity index (χ0v) is 14.3. The minimum atomic E-state index is -0.373. The van der Waals surface area contributed by atoms with E-state index in [1.54, 1.807) is 0 Å². The molecule has 2 aliphatic heterocycles. The van der Waals surface area contributed by atoms with Gasteiger partial charge < -0.3 is 4.90 Å². The van der Waals surface area contributed by atoms with Crippen molar-refractivity contribution in [1.29, 1.82) is 0 Å². The van der Waals surface area contributed by atoms with Crippen molar-refractivity contribution in [2.24, 2.45) is 0 Å². The van der Waals surface area contributed by atoms with Gasteiger partial charge in [0.05, 0.1) is 5.69 Å². The van der Waals surface area contributed by atoms with Crippen molar-refractivity contribution >= 4 is 5.91 Å². The second kappa shape index (κ2) is 6.43. The molecule has 2 saturated heterocycles. The van der Waals surface area contributed by atoms with E-state index in [9.17, 15) is 9.59 Å². The molecule has 2 fully saturated rings. The predicted molar refractivity (Wildman–Crippen MR) is 88.7 cm³/mol. The highest BCUT2D eigenvalue weighted by Gasteiger charge is 2.40. The largest absolute Gasteiger partial charge is 0.334 e. The SMILES string of the molecule is CCN1CCC[C@H]1[C@H]1CCCN1C(=O)c1c(C)c(C)n[nH]c1=O. The smallest absolute Gasteiger partial charge is 0.277 e. The van der Waals surface area contributed by atoms with Crippen LogP contribution in [0.5, 0.6) is 0 Å². The quantitative estimate of drug-likeness (QED) is 0.916. The van der Waals surface area contributed by atoms with Crippen LogP contribution >= 0.6 is 0 Å². The fraction of sp³-hybridized carbons (Fsp3) is 0.706. The van der Waals surface area contributed by atoms with E-state index in [1.165, 1.54) is 6.42 Å². The first kappa shape index (κ1) is 16.2. The number of rotatable bonds is 3. The molecular formula is C17H26N4O2. The molecular weight excluding hydrogens is 292 g/mol. The summed E-state index contributed by atoms with van der Waals surface area (Å²) in [4.78, 5) is 29.6. The molecule has 0 spiro atoms. The van der Waals surface area contributed by atoms with Crippen molar-refractivity contribution < 1.29 is 4.79 Å². The fourth-order valence-electron chi connectivity index (χ4n) is 4.15. The minimum absolute atomic E-state index is 0.125. The first-order chi connectivity index (χ1) is 11.0. The van der Waals surface area contributed by atoms with Gasteiger partial charge in [-0.3, -0.25) is 14.5 Å². The summed E-state index contributed by atoms with van der Waals surface area (Å²) in [7, 11) is 0. The lowest BCUT2D eigenvalue weighted by atomic mass is 10.0. The lowest BCUT2D eigenvalue weighted by Gasteiger charge is -2.34. The van der Waals surface area contributed by atoms with E-state index in [4.69, 9.17) is 0 Å². The second-order valence-electron chi connectivity index (χ2n) is 6.68. The molecule has 0 bridgehead atoms. The normalized spacial score (nSPS) is 25.3. The van der Waals surface area contributed by atoms with Crippen LogP contribution in [0.15, 0.2) is 4.79 Å². The van der Waals surface area contributed by atoms with E-state index in [0.29, 0.717) is 17.3 Å². The highest BCUT2D eigenvalue weighted by Crippen LogP contribution is 2.30. The van der Waals surface area contributed by atoms with Gasteiger partial charge in [0, 0.05) is 18.6 Å². The highest BCUT2D eigenvalue weighted by molar-refractivity contribution is 5.95. The fourth-order valence-corrected chi connectivity index (χ4v) is 4.15. The molecule has 23 heavy (non-hydrogen) atoms. The minimum Gasteiger partial charge on any atom is -0.334 e. The Labute approximate surface area is 136 Å². The third-order valence-electron chi connectivity index (χ3n) is 5.51. The van der Waals surface area contributed by atoms with E-state index in [1.807, 2.05) is 18.7 Å². The summed E-state index contributed by atoms with van der Waals surface area (Å²) in [5.74, 6) is -0.125. The first-order valence-electron chi connectivity index (χ1n) is 8.65. The maximum absolute atomic E-state index is 13.1. The number of nitrogens with zero attached hydrogens (tertiary/aromatic N) is 3. The molecule has 0 aliphatic carbocycles. The summed E-state index contributed by atoms with van der Waals surface area (Å²) in [5.41, 5.74) is 1.30. The van der Waals surface area contributed by atoms with Crippen LogP contribution in [-0.4, -0.2) is 57.6 Å². The van der Waals surface area contributed by atoms with Crippen molar-refractivity contribution in [3.05, 3.63) is 27.2 Å². The molecule has 1 aromatic rings. The van der Waals surface area contributed by atoms with E-state index in [0.717, 1.165) is 38.9 Å². The Bertz CT molecular complexity index is 654. The van der Waals surface area contributed by atoms with Gasteiger partial charge in [-0.05, 0) is 58.2 Å². The summed E-state index contributed by atoms with van der Waals surface area (Å²) < 4.78 is 0. The van der Waals surface area contributed by atoms with Gasteiger partial charge in [0.25, 0.3) is 11.5 Å². The first-order valence-corrected chi connectivity index (χ1v) is 8.65. The number of amides is 1. The van der Waals surface area contributed by atoms with Gasteiger partial charge >= 0.3 is 0 Å². The Hall–Kier alpha value is -1.69. The van der Waals surface area contributed by atoms with E-state index in [-0.39, 0.29) is 23.1 Å². The second-order valence-corrected chi connectivity index (χ2v) is 6.68. The molecule has 3 rings (SSSR count). The number of likely N-dealkylation sites (tertiary alicyclic amines) is 2. The monoisotopic (exact) mass is 318 g/mol. The molecule has 1 aromatic heterocycles. The number of aromatic amines is 1. The highest BCUT2D eigenvalue weighted by atomic mass is 16.2. The summed E-state index contributed by atoms with van der Waals surface area (Å²) in [5, 5.41) is 6.41. The number of carbonyl (C=O) groups is 1. The number of hydrogen-bond acceptors (Lipinski definition) is 4. The Balaban J connectivity index is 1.90. The van der Waals surface area contributed by atoms with Crippen LogP contribution in [0.2, 0.25) is 0 Å². The number of carbonyl (C=O) groups excluding carboxylic acids is 1. The number of aromatic nitrogens is 2. The van der Waals surface area contributed by atoms with Crippen LogP contribution < -0.4 is 5.56 Å². The van der Waals surface area contributed by atoms with Gasteiger partial charge in [-0.25, -0.2) is 5.10 Å². The standard InChI is InChI=1S/C17H26N4O2/c1-4-20-9-5-7-13(20)14-8-6-10-21(14)17(23)15-11(2)12(3)18-19-16(15)22/h13-14H,4-10H2,1-3H3,(H,19,22)/t13-,14+/m0/s1. The third kappa shape index (κ3) is 2.80. The maximum atomic E-state index is 13.1. The van der Waals surface area contributed by atoms with Crippen molar-refractivity contribution in [3.8, 4) is 0 Å². The molecule has 0 aromatic carbocycles. The lowest BCUT2D eigenvalue weighted by Crippen LogP contribution is -2.49. The Morgan fingerprint density at radius 1 is 1.22 bits per heavy atom. The van der Waals surface area contributed by atoms with Gasteiger partial charge in [0.1, 0.15) is 5.56 Å². The van der Waals surface area contributed by atoms with E-state index < -0.39 is 0 Å². The summed E-state index contributed by atoms with van der Waals surface area (Å²) in [6.07, 6.45) is 4.40. The van der Waals surface area contributed by atoms with Crippen LogP contribution in [0.4, 0.5) is 0 Å². The van der Waals surface area contributed by atoms with Gasteiger partial charge in [-0.2, -0.15) is 5.10 Å². The third-order valence-corrected chi connectivity index (χ3v) is 5.51. The predicted octanol–water partition coefficient (Wildman–Crippen LogP) is 1.48. The molecule has 126 valence electrons. The molecule has 3 heterocycles. The van der Waals surface area contributed by atoms with Crippen LogP contribution in [0.1, 0.15) is 54.2 Å². The molecule has 2 atom stereocenters. The summed E-state index contributed by atoms with van der Waals surface area (Å²) in [6.45, 7) is 8.70. The average molecular weight is 318 g/mol. The van der Waals surface area contributed by atoms with Gasteiger partial charge in [-0.15, -0.1) is 0 Å². The number of aryl methyl sites for hydroxylation is 1. The summed E-state index contributed by atoms with van der Waals surface area (Å²) >= 11 is 0. The number of likely N-dealkylation sites (N-methyl/N-ethyl adjacent to an activating group) is 1. The summed E-state index contributed by atoms with van der Waals surface area (Å²) in [6, 6.07) is 0.672. The Morgan fingerprint density at radius 2 is 1.91 bits per heavy atom. The zero-order valence-electron chi connectivity index (χ0n) is 14.3. The van der Waals surface area contributed by atoms with Crippen molar-refractivity contribution in [1.82, 2.24) is 20.0 Å². The van der Waals surface area contributed by atoms with E-state index >= 15 is 0 Å². The van der Waals surface area contributed by atoms with Gasteiger partial charge in [0.15, 0.2) is 0 Å².